The molecule has 0 aliphatic heterocycles. The van der Waals surface area contributed by atoms with Crippen molar-refractivity contribution in [2.45, 2.75) is 13.0 Å². The molecule has 1 heterocycles. The van der Waals surface area contributed by atoms with Crippen LogP contribution in [0.25, 0.3) is 17.1 Å². The molecule has 3 rings (SSSR count). The van der Waals surface area contributed by atoms with Gasteiger partial charge in [0.05, 0.1) is 7.11 Å². The standard InChI is InChI=1S/C19H22N4O2/c1-13(24)18-20-21-19(14-5-7-15(8-6-14)22(2)3)23(18)16-9-11-17(25-4)12-10-16/h5-13,24H,1-4H3. The Morgan fingerprint density at radius 1 is 1.00 bits per heavy atom. The van der Waals surface area contributed by atoms with E-state index >= 15 is 0 Å². The molecule has 1 N–H and O–H groups in total. The molecule has 2 aromatic carbocycles. The smallest absolute Gasteiger partial charge is 0.168 e. The number of anilines is 1. The number of aliphatic hydroxyl groups is 1. The van der Waals surface area contributed by atoms with Gasteiger partial charge in [-0.05, 0) is 55.5 Å². The maximum absolute atomic E-state index is 10.1. The third kappa shape index (κ3) is 3.34. The minimum atomic E-state index is -0.732. The molecule has 0 aliphatic carbocycles. The molecule has 0 bridgehead atoms. The summed E-state index contributed by atoms with van der Waals surface area (Å²) < 4.78 is 7.09. The summed E-state index contributed by atoms with van der Waals surface area (Å²) in [7, 11) is 5.63. The molecule has 3 aromatic rings. The van der Waals surface area contributed by atoms with Crippen LogP contribution in [0.15, 0.2) is 48.5 Å². The predicted octanol–water partition coefficient (Wildman–Crippen LogP) is 3.06. The molecule has 0 spiro atoms. The zero-order valence-electron chi connectivity index (χ0n) is 14.8. The Kier molecular flexibility index (Phi) is 4.72. The molecule has 0 saturated carbocycles. The number of methoxy groups -OCH3 is 1. The summed E-state index contributed by atoms with van der Waals surface area (Å²) in [4.78, 5) is 2.04. The van der Waals surface area contributed by atoms with E-state index in [4.69, 9.17) is 4.74 Å². The van der Waals surface area contributed by atoms with Gasteiger partial charge in [0.2, 0.25) is 0 Å². The van der Waals surface area contributed by atoms with Crippen LogP contribution in [0.4, 0.5) is 5.69 Å². The lowest BCUT2D eigenvalue weighted by atomic mass is 10.1. The van der Waals surface area contributed by atoms with E-state index in [0.29, 0.717) is 11.6 Å². The van der Waals surface area contributed by atoms with Crippen molar-refractivity contribution in [1.82, 2.24) is 14.8 Å². The highest BCUT2D eigenvalue weighted by Gasteiger charge is 2.19. The fourth-order valence-electron chi connectivity index (χ4n) is 2.65. The summed E-state index contributed by atoms with van der Waals surface area (Å²) in [5, 5.41) is 18.6. The zero-order valence-corrected chi connectivity index (χ0v) is 14.8. The first kappa shape index (κ1) is 17.0. The molecule has 6 nitrogen and oxygen atoms in total. The average Bonchev–Trinajstić information content (AvgIpc) is 3.07. The third-order valence-corrected chi connectivity index (χ3v) is 4.03. The normalized spacial score (nSPS) is 12.0. The van der Waals surface area contributed by atoms with E-state index in [1.165, 1.54) is 0 Å². The average molecular weight is 338 g/mol. The Balaban J connectivity index is 2.10. The summed E-state index contributed by atoms with van der Waals surface area (Å²) in [6.07, 6.45) is -0.732. The molecule has 1 atom stereocenters. The van der Waals surface area contributed by atoms with Crippen LogP contribution in [-0.4, -0.2) is 41.1 Å². The number of aliphatic hydroxyl groups excluding tert-OH is 1. The first-order valence-corrected chi connectivity index (χ1v) is 8.07. The third-order valence-electron chi connectivity index (χ3n) is 4.03. The predicted molar refractivity (Wildman–Crippen MR) is 98.3 cm³/mol. The van der Waals surface area contributed by atoms with Crippen molar-refractivity contribution in [2.24, 2.45) is 0 Å². The second kappa shape index (κ2) is 6.94. The van der Waals surface area contributed by atoms with Gasteiger partial charge >= 0.3 is 0 Å². The number of aromatic nitrogens is 3. The van der Waals surface area contributed by atoms with Crippen LogP contribution in [0.2, 0.25) is 0 Å². The lowest BCUT2D eigenvalue weighted by Gasteiger charge is -2.14. The van der Waals surface area contributed by atoms with E-state index in [-0.39, 0.29) is 0 Å². The quantitative estimate of drug-likeness (QED) is 0.775. The van der Waals surface area contributed by atoms with Gasteiger partial charge in [-0.3, -0.25) is 4.57 Å². The van der Waals surface area contributed by atoms with Gasteiger partial charge < -0.3 is 14.7 Å². The fraction of sp³-hybridized carbons (Fsp3) is 0.263. The van der Waals surface area contributed by atoms with E-state index in [2.05, 4.69) is 10.2 Å². The number of nitrogens with zero attached hydrogens (tertiary/aromatic N) is 4. The van der Waals surface area contributed by atoms with Crippen LogP contribution in [0.1, 0.15) is 18.9 Å². The lowest BCUT2D eigenvalue weighted by molar-refractivity contribution is 0.186. The molecule has 130 valence electrons. The Labute approximate surface area is 147 Å². The SMILES string of the molecule is COc1ccc(-n2c(-c3ccc(N(C)C)cc3)nnc2C(C)O)cc1. The fourth-order valence-corrected chi connectivity index (χ4v) is 2.65. The lowest BCUT2D eigenvalue weighted by Crippen LogP contribution is -2.08. The second-order valence-corrected chi connectivity index (χ2v) is 6.03. The summed E-state index contributed by atoms with van der Waals surface area (Å²) in [5.41, 5.74) is 2.91. The number of hydrogen-bond acceptors (Lipinski definition) is 5. The molecule has 1 aromatic heterocycles. The highest BCUT2D eigenvalue weighted by molar-refractivity contribution is 5.63. The van der Waals surface area contributed by atoms with Gasteiger partial charge in [-0.25, -0.2) is 0 Å². The first-order chi connectivity index (χ1) is 12.0. The highest BCUT2D eigenvalue weighted by Crippen LogP contribution is 2.28. The van der Waals surface area contributed by atoms with Crippen molar-refractivity contribution in [3.05, 3.63) is 54.4 Å². The molecular weight excluding hydrogens is 316 g/mol. The number of benzene rings is 2. The molecule has 25 heavy (non-hydrogen) atoms. The molecular formula is C19H22N4O2. The molecule has 1 unspecified atom stereocenters. The Morgan fingerprint density at radius 3 is 2.16 bits per heavy atom. The van der Waals surface area contributed by atoms with Crippen molar-refractivity contribution in [1.29, 1.82) is 0 Å². The maximum Gasteiger partial charge on any atom is 0.168 e. The van der Waals surface area contributed by atoms with Crippen LogP contribution in [-0.2, 0) is 0 Å². The summed E-state index contributed by atoms with van der Waals surface area (Å²) in [6.45, 7) is 1.68. The summed E-state index contributed by atoms with van der Waals surface area (Å²) in [5.74, 6) is 1.95. The van der Waals surface area contributed by atoms with Gasteiger partial charge in [0.25, 0.3) is 0 Å². The summed E-state index contributed by atoms with van der Waals surface area (Å²) in [6, 6.07) is 15.7. The Morgan fingerprint density at radius 2 is 1.64 bits per heavy atom. The largest absolute Gasteiger partial charge is 0.497 e. The summed E-state index contributed by atoms with van der Waals surface area (Å²) >= 11 is 0. The van der Waals surface area contributed by atoms with E-state index in [1.54, 1.807) is 14.0 Å². The maximum atomic E-state index is 10.1. The van der Waals surface area contributed by atoms with Crippen molar-refractivity contribution >= 4 is 5.69 Å². The van der Waals surface area contributed by atoms with Gasteiger partial charge in [-0.1, -0.05) is 0 Å². The number of ether oxygens (including phenoxy) is 1. The van der Waals surface area contributed by atoms with Gasteiger partial charge in [0.1, 0.15) is 11.9 Å². The minimum absolute atomic E-state index is 0.497. The van der Waals surface area contributed by atoms with Gasteiger partial charge in [-0.2, -0.15) is 0 Å². The van der Waals surface area contributed by atoms with E-state index in [0.717, 1.165) is 22.7 Å². The molecule has 0 aliphatic rings. The van der Waals surface area contributed by atoms with Crippen LogP contribution in [0.3, 0.4) is 0 Å². The van der Waals surface area contributed by atoms with Gasteiger partial charge in [-0.15, -0.1) is 10.2 Å². The second-order valence-electron chi connectivity index (χ2n) is 6.03. The minimum Gasteiger partial charge on any atom is -0.497 e. The van der Waals surface area contributed by atoms with Crippen molar-refractivity contribution in [2.75, 3.05) is 26.1 Å². The first-order valence-electron chi connectivity index (χ1n) is 8.07. The molecule has 0 radical (unpaired) electrons. The van der Waals surface area contributed by atoms with Crippen LogP contribution < -0.4 is 9.64 Å². The van der Waals surface area contributed by atoms with Crippen LogP contribution >= 0.6 is 0 Å². The number of rotatable bonds is 5. The van der Waals surface area contributed by atoms with Crippen molar-refractivity contribution in [3.8, 4) is 22.8 Å². The van der Waals surface area contributed by atoms with Crippen LogP contribution in [0, 0.1) is 0 Å². The number of hydrogen-bond donors (Lipinski definition) is 1. The van der Waals surface area contributed by atoms with E-state index in [1.807, 2.05) is 72.1 Å². The molecule has 6 heteroatoms. The van der Waals surface area contributed by atoms with Gasteiger partial charge in [0.15, 0.2) is 11.6 Å². The van der Waals surface area contributed by atoms with E-state index < -0.39 is 6.10 Å². The van der Waals surface area contributed by atoms with E-state index in [9.17, 15) is 5.11 Å². The molecule has 0 amide bonds. The van der Waals surface area contributed by atoms with Crippen molar-refractivity contribution in [3.63, 3.8) is 0 Å². The van der Waals surface area contributed by atoms with Crippen molar-refractivity contribution < 1.29 is 9.84 Å². The molecule has 0 saturated heterocycles. The Bertz CT molecular complexity index is 837. The Hall–Kier alpha value is -2.86. The van der Waals surface area contributed by atoms with Gasteiger partial charge in [0, 0.05) is 31.0 Å². The monoisotopic (exact) mass is 338 g/mol. The highest BCUT2D eigenvalue weighted by atomic mass is 16.5. The topological polar surface area (TPSA) is 63.4 Å². The zero-order chi connectivity index (χ0) is 18.0. The van der Waals surface area contributed by atoms with Crippen LogP contribution in [0.5, 0.6) is 5.75 Å². The molecule has 0 fully saturated rings.